The third kappa shape index (κ3) is 3.41. The van der Waals surface area contributed by atoms with E-state index >= 15 is 0 Å². The van der Waals surface area contributed by atoms with E-state index in [0.29, 0.717) is 12.0 Å². The van der Waals surface area contributed by atoms with Gasteiger partial charge in [0.15, 0.2) is 0 Å². The van der Waals surface area contributed by atoms with E-state index in [4.69, 9.17) is 16.3 Å². The Hall–Kier alpha value is -1.13. The first-order chi connectivity index (χ1) is 8.29. The first-order valence-electron chi connectivity index (χ1n) is 6.12. The van der Waals surface area contributed by atoms with Gasteiger partial charge in [0.2, 0.25) is 0 Å². The molecule has 0 unspecified atom stereocenters. The largest absolute Gasteiger partial charge is 0.490 e. The van der Waals surface area contributed by atoms with E-state index in [2.05, 4.69) is 24.8 Å². The van der Waals surface area contributed by atoms with Crippen LogP contribution in [0, 0.1) is 18.8 Å². The van der Waals surface area contributed by atoms with Gasteiger partial charge in [-0.2, -0.15) is 0 Å². The summed E-state index contributed by atoms with van der Waals surface area (Å²) in [7, 11) is 0. The summed E-state index contributed by atoms with van der Waals surface area (Å²) < 4.78 is 5.99. The van der Waals surface area contributed by atoms with E-state index in [-0.39, 0.29) is 0 Å². The molecular weight excluding hydrogens is 232 g/mol. The number of halogens is 1. The fourth-order valence-corrected chi connectivity index (χ4v) is 2.25. The normalized spacial score (nSPS) is 15.4. The molecular formula is C15H17ClO. The highest BCUT2D eigenvalue weighted by Crippen LogP contribution is 2.26. The van der Waals surface area contributed by atoms with Crippen LogP contribution in [0.5, 0.6) is 5.75 Å². The Morgan fingerprint density at radius 1 is 1.35 bits per heavy atom. The summed E-state index contributed by atoms with van der Waals surface area (Å²) in [6, 6.07) is 6.08. The number of hydrogen-bond donors (Lipinski definition) is 0. The van der Waals surface area contributed by atoms with Crippen LogP contribution >= 0.6 is 11.6 Å². The summed E-state index contributed by atoms with van der Waals surface area (Å²) in [5, 5.41) is 0. The Morgan fingerprint density at radius 3 is 2.76 bits per heavy atom. The van der Waals surface area contributed by atoms with Crippen LogP contribution in [0.15, 0.2) is 18.2 Å². The minimum absolute atomic E-state index is 0.374. The van der Waals surface area contributed by atoms with Gasteiger partial charge in [-0.15, -0.1) is 11.6 Å². The van der Waals surface area contributed by atoms with Gasteiger partial charge in [0, 0.05) is 5.56 Å². The van der Waals surface area contributed by atoms with Gasteiger partial charge in [-0.05, 0) is 56.4 Å². The Bertz CT molecular complexity index is 436. The van der Waals surface area contributed by atoms with Crippen LogP contribution in [-0.4, -0.2) is 12.0 Å². The van der Waals surface area contributed by atoms with Gasteiger partial charge in [-0.3, -0.25) is 0 Å². The fourth-order valence-electron chi connectivity index (χ4n) is 2.18. The second-order valence-electron chi connectivity index (χ2n) is 4.44. The first-order valence-corrected chi connectivity index (χ1v) is 6.65. The molecule has 0 heterocycles. The lowest BCUT2D eigenvalue weighted by Gasteiger charge is -2.15. The molecule has 0 bridgehead atoms. The van der Waals surface area contributed by atoms with Gasteiger partial charge in [-0.25, -0.2) is 0 Å². The predicted molar refractivity (Wildman–Crippen MR) is 71.7 cm³/mol. The van der Waals surface area contributed by atoms with Crippen molar-refractivity contribution in [3.8, 4) is 17.6 Å². The van der Waals surface area contributed by atoms with Gasteiger partial charge >= 0.3 is 0 Å². The average molecular weight is 249 g/mol. The molecule has 1 aliphatic carbocycles. The first kappa shape index (κ1) is 12.3. The number of benzene rings is 1. The monoisotopic (exact) mass is 248 g/mol. The van der Waals surface area contributed by atoms with Gasteiger partial charge in [-0.1, -0.05) is 11.8 Å². The Kier molecular flexibility index (Phi) is 4.34. The van der Waals surface area contributed by atoms with Crippen LogP contribution in [-0.2, 0) is 0 Å². The lowest BCUT2D eigenvalue weighted by molar-refractivity contribution is 0.208. The van der Waals surface area contributed by atoms with Crippen molar-refractivity contribution >= 4 is 11.6 Å². The van der Waals surface area contributed by atoms with E-state index < -0.39 is 0 Å². The second kappa shape index (κ2) is 5.98. The zero-order valence-corrected chi connectivity index (χ0v) is 10.9. The molecule has 2 heteroatoms. The number of aryl methyl sites for hydroxylation is 1. The molecule has 1 aliphatic rings. The molecule has 0 radical (unpaired) electrons. The number of rotatable bonds is 2. The average Bonchev–Trinajstić information content (AvgIpc) is 2.82. The third-order valence-corrected chi connectivity index (χ3v) is 3.20. The number of ether oxygens (including phenoxy) is 1. The smallest absolute Gasteiger partial charge is 0.122 e. The molecule has 1 saturated carbocycles. The SMILES string of the molecule is Cc1cc(C#CCCl)ccc1OC1CCCC1. The zero-order chi connectivity index (χ0) is 12.1. The second-order valence-corrected chi connectivity index (χ2v) is 4.71. The summed E-state index contributed by atoms with van der Waals surface area (Å²) in [5.41, 5.74) is 2.15. The van der Waals surface area contributed by atoms with Gasteiger partial charge in [0.25, 0.3) is 0 Å². The minimum atomic E-state index is 0.374. The molecule has 1 aromatic carbocycles. The Balaban J connectivity index is 2.08. The third-order valence-electron chi connectivity index (χ3n) is 3.07. The molecule has 1 fully saturated rings. The predicted octanol–water partition coefficient (Wildman–Crippen LogP) is 3.91. The molecule has 0 saturated heterocycles. The van der Waals surface area contributed by atoms with Crippen LogP contribution in [0.2, 0.25) is 0 Å². The lowest BCUT2D eigenvalue weighted by Crippen LogP contribution is -2.11. The van der Waals surface area contributed by atoms with E-state index in [9.17, 15) is 0 Å². The molecule has 0 atom stereocenters. The van der Waals surface area contributed by atoms with E-state index in [1.54, 1.807) is 0 Å². The molecule has 90 valence electrons. The maximum absolute atomic E-state index is 5.99. The Morgan fingerprint density at radius 2 is 2.12 bits per heavy atom. The van der Waals surface area contributed by atoms with E-state index in [1.807, 2.05) is 12.1 Å². The molecule has 2 rings (SSSR count). The van der Waals surface area contributed by atoms with Crippen LogP contribution in [0.1, 0.15) is 36.8 Å². The summed E-state index contributed by atoms with van der Waals surface area (Å²) in [6.07, 6.45) is 5.38. The number of hydrogen-bond acceptors (Lipinski definition) is 1. The van der Waals surface area contributed by atoms with Crippen LogP contribution in [0.25, 0.3) is 0 Å². The van der Waals surface area contributed by atoms with Gasteiger partial charge in [0.05, 0.1) is 12.0 Å². The molecule has 0 aromatic heterocycles. The Labute approximate surface area is 108 Å². The van der Waals surface area contributed by atoms with Crippen molar-refractivity contribution in [2.75, 3.05) is 5.88 Å². The standard InChI is InChI=1S/C15H17ClO/c1-12-11-13(5-4-10-16)8-9-15(12)17-14-6-2-3-7-14/h8-9,11,14H,2-3,6-7,10H2,1H3. The quantitative estimate of drug-likeness (QED) is 0.570. The lowest BCUT2D eigenvalue weighted by atomic mass is 10.1. The van der Waals surface area contributed by atoms with Crippen molar-refractivity contribution in [3.05, 3.63) is 29.3 Å². The van der Waals surface area contributed by atoms with Crippen molar-refractivity contribution in [2.45, 2.75) is 38.7 Å². The summed E-state index contributed by atoms with van der Waals surface area (Å²) in [6.45, 7) is 2.07. The summed E-state index contributed by atoms with van der Waals surface area (Å²) in [4.78, 5) is 0. The van der Waals surface area contributed by atoms with Crippen LogP contribution < -0.4 is 4.74 Å². The highest BCUT2D eigenvalue weighted by Gasteiger charge is 2.17. The zero-order valence-electron chi connectivity index (χ0n) is 10.1. The molecule has 1 nitrogen and oxygen atoms in total. The molecule has 0 amide bonds. The number of alkyl halides is 1. The highest BCUT2D eigenvalue weighted by molar-refractivity contribution is 6.19. The molecule has 0 spiro atoms. The maximum Gasteiger partial charge on any atom is 0.122 e. The molecule has 1 aromatic rings. The summed E-state index contributed by atoms with van der Waals surface area (Å²) in [5.74, 6) is 7.25. The van der Waals surface area contributed by atoms with Gasteiger partial charge in [0.1, 0.15) is 5.75 Å². The molecule has 17 heavy (non-hydrogen) atoms. The van der Waals surface area contributed by atoms with Crippen molar-refractivity contribution in [3.63, 3.8) is 0 Å². The topological polar surface area (TPSA) is 9.23 Å². The maximum atomic E-state index is 5.99. The minimum Gasteiger partial charge on any atom is -0.490 e. The van der Waals surface area contributed by atoms with Crippen LogP contribution in [0.3, 0.4) is 0 Å². The van der Waals surface area contributed by atoms with Crippen molar-refractivity contribution in [1.82, 2.24) is 0 Å². The fraction of sp³-hybridized carbons (Fsp3) is 0.467. The van der Waals surface area contributed by atoms with E-state index in [1.165, 1.54) is 25.7 Å². The van der Waals surface area contributed by atoms with Crippen molar-refractivity contribution in [2.24, 2.45) is 0 Å². The highest BCUT2D eigenvalue weighted by atomic mass is 35.5. The van der Waals surface area contributed by atoms with E-state index in [0.717, 1.165) is 16.9 Å². The summed E-state index contributed by atoms with van der Waals surface area (Å²) >= 11 is 5.54. The van der Waals surface area contributed by atoms with Crippen LogP contribution in [0.4, 0.5) is 0 Å². The molecule has 0 N–H and O–H groups in total. The van der Waals surface area contributed by atoms with Crippen molar-refractivity contribution < 1.29 is 4.74 Å². The van der Waals surface area contributed by atoms with Gasteiger partial charge < -0.3 is 4.74 Å². The van der Waals surface area contributed by atoms with Crippen molar-refractivity contribution in [1.29, 1.82) is 0 Å². The molecule has 0 aliphatic heterocycles.